The van der Waals surface area contributed by atoms with Crippen molar-refractivity contribution in [3.05, 3.63) is 46.3 Å². The molecule has 114 valence electrons. The van der Waals surface area contributed by atoms with Gasteiger partial charge >= 0.3 is 0 Å². The molecule has 1 aromatic carbocycles. The number of furan rings is 1. The molecule has 0 saturated heterocycles. The van der Waals surface area contributed by atoms with Crippen LogP contribution in [0, 0.1) is 6.92 Å². The average Bonchev–Trinajstić information content (AvgIpc) is 2.83. The number of para-hydroxylation sites is 1. The molecule has 0 saturated carbocycles. The monoisotopic (exact) mass is 391 g/mol. The smallest absolute Gasteiger partial charge is 0.268 e. The van der Waals surface area contributed by atoms with Crippen molar-refractivity contribution in [3.63, 3.8) is 0 Å². The zero-order valence-corrected chi connectivity index (χ0v) is 14.8. The van der Waals surface area contributed by atoms with Crippen LogP contribution in [0.4, 0.5) is 5.69 Å². The van der Waals surface area contributed by atoms with Gasteiger partial charge in [0.05, 0.1) is 11.6 Å². The molecule has 2 aromatic rings. The topological polar surface area (TPSA) is 50.5 Å². The Morgan fingerprint density at radius 2 is 2.00 bits per heavy atom. The lowest BCUT2D eigenvalue weighted by molar-refractivity contribution is 0.498. The van der Waals surface area contributed by atoms with Gasteiger partial charge in [-0.25, -0.2) is 8.42 Å². The molecule has 1 heterocycles. The first-order chi connectivity index (χ1) is 9.91. The van der Waals surface area contributed by atoms with Gasteiger partial charge in [0.25, 0.3) is 10.0 Å². The maximum Gasteiger partial charge on any atom is 0.268 e. The summed E-state index contributed by atoms with van der Waals surface area (Å²) in [7, 11) is -3.71. The Morgan fingerprint density at radius 1 is 1.33 bits per heavy atom. The standard InChI is InChI=1S/C14H15BrClNO3S/c1-3-17(12-7-5-4-6-10(12)2)21(18,19)13-8-11(9-16)20-14(13)15/h4-8H,3,9H2,1-2H3. The molecule has 7 heteroatoms. The fourth-order valence-corrected chi connectivity index (χ4v) is 4.71. The number of hydrogen-bond donors (Lipinski definition) is 0. The van der Waals surface area contributed by atoms with Crippen LogP contribution < -0.4 is 4.31 Å². The van der Waals surface area contributed by atoms with Crippen molar-refractivity contribution in [1.82, 2.24) is 0 Å². The molecule has 4 nitrogen and oxygen atoms in total. The first-order valence-corrected chi connectivity index (χ1v) is 9.11. The number of anilines is 1. The minimum atomic E-state index is -3.71. The summed E-state index contributed by atoms with van der Waals surface area (Å²) in [5.41, 5.74) is 1.54. The second-order valence-electron chi connectivity index (χ2n) is 4.44. The Balaban J connectivity index is 2.55. The number of alkyl halides is 1. The van der Waals surface area contributed by atoms with Gasteiger partial charge in [0.2, 0.25) is 0 Å². The van der Waals surface area contributed by atoms with Gasteiger partial charge in [-0.3, -0.25) is 4.31 Å². The van der Waals surface area contributed by atoms with Crippen molar-refractivity contribution >= 4 is 43.2 Å². The highest BCUT2D eigenvalue weighted by Crippen LogP contribution is 2.32. The third-order valence-corrected chi connectivity index (χ3v) is 6.09. The van der Waals surface area contributed by atoms with E-state index in [-0.39, 0.29) is 15.4 Å². The first-order valence-electron chi connectivity index (χ1n) is 6.34. The van der Waals surface area contributed by atoms with Crippen LogP contribution in [0.3, 0.4) is 0 Å². The maximum atomic E-state index is 12.9. The SMILES string of the molecule is CCN(c1ccccc1C)S(=O)(=O)c1cc(CCl)oc1Br. The predicted molar refractivity (Wildman–Crippen MR) is 87.3 cm³/mol. The highest BCUT2D eigenvalue weighted by Gasteiger charge is 2.29. The fourth-order valence-electron chi connectivity index (χ4n) is 2.07. The van der Waals surface area contributed by atoms with Crippen molar-refractivity contribution in [3.8, 4) is 0 Å². The molecule has 2 rings (SSSR count). The summed E-state index contributed by atoms with van der Waals surface area (Å²) >= 11 is 8.85. The van der Waals surface area contributed by atoms with Gasteiger partial charge in [-0.1, -0.05) is 18.2 Å². The van der Waals surface area contributed by atoms with Crippen LogP contribution in [0.1, 0.15) is 18.2 Å². The molecule has 0 aliphatic heterocycles. The van der Waals surface area contributed by atoms with E-state index in [1.54, 1.807) is 13.0 Å². The second-order valence-corrected chi connectivity index (χ2v) is 7.26. The van der Waals surface area contributed by atoms with Crippen molar-refractivity contribution in [2.45, 2.75) is 24.6 Å². The largest absolute Gasteiger partial charge is 0.452 e. The van der Waals surface area contributed by atoms with E-state index in [9.17, 15) is 8.42 Å². The summed E-state index contributed by atoms with van der Waals surface area (Å²) in [6, 6.07) is 8.80. The molecule has 0 amide bonds. The quantitative estimate of drug-likeness (QED) is 0.713. The third kappa shape index (κ3) is 3.12. The first kappa shape index (κ1) is 16.4. The second kappa shape index (κ2) is 6.42. The van der Waals surface area contributed by atoms with E-state index in [0.717, 1.165) is 5.56 Å². The van der Waals surface area contributed by atoms with E-state index in [0.29, 0.717) is 18.0 Å². The van der Waals surface area contributed by atoms with E-state index < -0.39 is 10.0 Å². The van der Waals surface area contributed by atoms with Crippen LogP contribution in [0.5, 0.6) is 0 Å². The normalized spacial score (nSPS) is 11.6. The molecule has 0 radical (unpaired) electrons. The highest BCUT2D eigenvalue weighted by molar-refractivity contribution is 9.10. The van der Waals surface area contributed by atoms with Gasteiger partial charge in [0.1, 0.15) is 10.7 Å². The van der Waals surface area contributed by atoms with Gasteiger partial charge in [-0.05, 0) is 41.4 Å². The van der Waals surface area contributed by atoms with E-state index >= 15 is 0 Å². The Labute approximate surface area is 137 Å². The molecular formula is C14H15BrClNO3S. The molecular weight excluding hydrogens is 378 g/mol. The van der Waals surface area contributed by atoms with Crippen molar-refractivity contribution in [1.29, 1.82) is 0 Å². The van der Waals surface area contributed by atoms with Gasteiger partial charge in [-0.2, -0.15) is 0 Å². The Kier molecular flexibility index (Phi) is 5.01. The number of halogens is 2. The molecule has 0 N–H and O–H groups in total. The number of aryl methyl sites for hydroxylation is 1. The summed E-state index contributed by atoms with van der Waals surface area (Å²) in [4.78, 5) is 0.0863. The van der Waals surface area contributed by atoms with Crippen LogP contribution in [0.15, 0.2) is 44.3 Å². The lowest BCUT2D eigenvalue weighted by Gasteiger charge is -2.23. The van der Waals surface area contributed by atoms with Crippen LogP contribution in [-0.4, -0.2) is 15.0 Å². The van der Waals surface area contributed by atoms with Crippen LogP contribution in [0.2, 0.25) is 0 Å². The average molecular weight is 393 g/mol. The molecule has 0 spiro atoms. The highest BCUT2D eigenvalue weighted by atomic mass is 79.9. The Morgan fingerprint density at radius 3 is 2.52 bits per heavy atom. The third-order valence-electron chi connectivity index (χ3n) is 3.08. The van der Waals surface area contributed by atoms with Gasteiger partial charge in [0.15, 0.2) is 4.67 Å². The summed E-state index contributed by atoms with van der Waals surface area (Å²) in [6.07, 6.45) is 0. The lowest BCUT2D eigenvalue weighted by Crippen LogP contribution is -2.31. The van der Waals surface area contributed by atoms with Gasteiger partial charge in [0, 0.05) is 12.6 Å². The zero-order valence-electron chi connectivity index (χ0n) is 11.6. The Hall–Kier alpha value is -0.980. The summed E-state index contributed by atoms with van der Waals surface area (Å²) in [6.45, 7) is 3.99. The molecule has 0 bridgehead atoms. The number of sulfonamides is 1. The summed E-state index contributed by atoms with van der Waals surface area (Å²) in [5.74, 6) is 0.521. The number of rotatable bonds is 5. The van der Waals surface area contributed by atoms with E-state index in [1.807, 2.05) is 25.1 Å². The number of nitrogens with zero attached hydrogens (tertiary/aromatic N) is 1. The number of benzene rings is 1. The van der Waals surface area contributed by atoms with Crippen molar-refractivity contribution in [2.24, 2.45) is 0 Å². The number of hydrogen-bond acceptors (Lipinski definition) is 3. The summed E-state index contributed by atoms with van der Waals surface area (Å²) < 4.78 is 32.5. The lowest BCUT2D eigenvalue weighted by atomic mass is 10.2. The van der Waals surface area contributed by atoms with Crippen molar-refractivity contribution < 1.29 is 12.8 Å². The van der Waals surface area contributed by atoms with Crippen molar-refractivity contribution in [2.75, 3.05) is 10.8 Å². The molecule has 0 aliphatic carbocycles. The Bertz CT molecular complexity index is 742. The molecule has 21 heavy (non-hydrogen) atoms. The molecule has 0 unspecified atom stereocenters. The van der Waals surface area contributed by atoms with E-state index in [4.69, 9.17) is 16.0 Å². The zero-order chi connectivity index (χ0) is 15.6. The van der Waals surface area contributed by atoms with Crippen LogP contribution >= 0.6 is 27.5 Å². The molecule has 0 atom stereocenters. The fraction of sp³-hybridized carbons (Fsp3) is 0.286. The van der Waals surface area contributed by atoms with Crippen LogP contribution in [-0.2, 0) is 15.9 Å². The minimum Gasteiger partial charge on any atom is -0.452 e. The predicted octanol–water partition coefficient (Wildman–Crippen LogP) is 4.30. The van der Waals surface area contributed by atoms with E-state index in [2.05, 4.69) is 15.9 Å². The summed E-state index contributed by atoms with van der Waals surface area (Å²) in [5, 5.41) is 0. The molecule has 0 fully saturated rings. The van der Waals surface area contributed by atoms with E-state index in [1.165, 1.54) is 10.4 Å². The maximum absolute atomic E-state index is 12.9. The van der Waals surface area contributed by atoms with Gasteiger partial charge < -0.3 is 4.42 Å². The molecule has 0 aliphatic rings. The van der Waals surface area contributed by atoms with Crippen LogP contribution in [0.25, 0.3) is 0 Å². The van der Waals surface area contributed by atoms with Gasteiger partial charge in [-0.15, -0.1) is 11.6 Å². The molecule has 1 aromatic heterocycles. The minimum absolute atomic E-state index is 0.0863.